The Labute approximate surface area is 158 Å². The largest absolute Gasteiger partial charge is 0.376 e. The van der Waals surface area contributed by atoms with Crippen LogP contribution in [0.4, 0.5) is 10.1 Å². The average molecular weight is 380 g/mol. The van der Waals surface area contributed by atoms with E-state index >= 15 is 0 Å². The van der Waals surface area contributed by atoms with Gasteiger partial charge in [0.2, 0.25) is 0 Å². The molecule has 0 saturated carbocycles. The molecule has 2 aliphatic rings. The second-order valence-corrected chi connectivity index (χ2v) is 7.35. The Morgan fingerprint density at radius 3 is 2.44 bits per heavy atom. The number of hydrogen-bond donors (Lipinski definition) is 4. The molecular formula is C19H29FN4O3+2. The molecule has 1 aromatic rings. The Morgan fingerprint density at radius 1 is 1.11 bits per heavy atom. The van der Waals surface area contributed by atoms with Gasteiger partial charge in [-0.15, -0.1) is 0 Å². The fraction of sp³-hybridized carbons (Fsp3) is 0.579. The Hall–Kier alpha value is -2.03. The molecule has 7 nitrogen and oxygen atoms in total. The van der Waals surface area contributed by atoms with Gasteiger partial charge in [0.1, 0.15) is 32.0 Å². The number of carbonyl (C=O) groups excluding carboxylic acids is 2. The van der Waals surface area contributed by atoms with Crippen LogP contribution in [0.5, 0.6) is 0 Å². The summed E-state index contributed by atoms with van der Waals surface area (Å²) < 4.78 is 18.7. The van der Waals surface area contributed by atoms with Gasteiger partial charge in [-0.1, -0.05) is 6.07 Å². The molecule has 0 unspecified atom stereocenters. The molecule has 3 rings (SSSR count). The van der Waals surface area contributed by atoms with E-state index in [9.17, 15) is 14.0 Å². The lowest BCUT2D eigenvalue weighted by Crippen LogP contribution is -3.28. The van der Waals surface area contributed by atoms with Gasteiger partial charge >= 0.3 is 0 Å². The molecule has 0 aromatic heterocycles. The van der Waals surface area contributed by atoms with Crippen molar-refractivity contribution in [2.45, 2.75) is 18.9 Å². The number of rotatable bonds is 7. The van der Waals surface area contributed by atoms with Crippen molar-refractivity contribution in [3.63, 3.8) is 0 Å². The number of halogens is 1. The van der Waals surface area contributed by atoms with Gasteiger partial charge in [-0.25, -0.2) is 4.39 Å². The summed E-state index contributed by atoms with van der Waals surface area (Å²) in [6.45, 7) is 5.61. The zero-order chi connectivity index (χ0) is 19.1. The Morgan fingerprint density at radius 2 is 1.81 bits per heavy atom. The number of nitrogens with one attached hydrogen (secondary N) is 4. The number of amides is 2. The third-order valence-electron chi connectivity index (χ3n) is 5.14. The van der Waals surface area contributed by atoms with Crippen LogP contribution in [0.2, 0.25) is 0 Å². The normalized spacial score (nSPS) is 25.1. The van der Waals surface area contributed by atoms with Gasteiger partial charge in [0, 0.05) is 18.8 Å². The molecule has 1 aromatic carbocycles. The first-order valence-electron chi connectivity index (χ1n) is 9.69. The van der Waals surface area contributed by atoms with Crippen LogP contribution in [0.1, 0.15) is 12.8 Å². The van der Waals surface area contributed by atoms with E-state index in [1.54, 1.807) is 12.1 Å². The van der Waals surface area contributed by atoms with Crippen molar-refractivity contribution in [1.82, 2.24) is 5.32 Å². The molecule has 1 atom stereocenters. The van der Waals surface area contributed by atoms with Crippen molar-refractivity contribution in [3.8, 4) is 0 Å². The molecule has 0 radical (unpaired) electrons. The molecule has 2 heterocycles. The first kappa shape index (κ1) is 19.7. The van der Waals surface area contributed by atoms with Crippen molar-refractivity contribution in [2.24, 2.45) is 0 Å². The summed E-state index contributed by atoms with van der Waals surface area (Å²) in [5.41, 5.74) is 0.478. The van der Waals surface area contributed by atoms with Gasteiger partial charge in [0.25, 0.3) is 11.8 Å². The van der Waals surface area contributed by atoms with Gasteiger partial charge in [-0.05, 0) is 31.0 Å². The maximum Gasteiger partial charge on any atom is 0.279 e. The minimum absolute atomic E-state index is 0.0628. The standard InChI is InChI=1S/C19H27FN4O3/c20-15-3-1-4-16(11-15)22-19(26)14-24-8-6-23(7-9-24)13-18(25)21-12-17-5-2-10-27-17/h1,3-4,11,17H,2,5-10,12-14H2,(H,21,25)(H,22,26)/p+2/t17-/m1/s1. The summed E-state index contributed by atoms with van der Waals surface area (Å²) in [5.74, 6) is -0.420. The predicted octanol–water partition coefficient (Wildman–Crippen LogP) is -2.16. The van der Waals surface area contributed by atoms with E-state index in [4.69, 9.17) is 4.74 Å². The van der Waals surface area contributed by atoms with Gasteiger partial charge in [-0.3, -0.25) is 9.59 Å². The van der Waals surface area contributed by atoms with Crippen LogP contribution in [-0.4, -0.2) is 70.3 Å². The lowest BCUT2D eigenvalue weighted by molar-refractivity contribution is -1.00. The molecule has 8 heteroatoms. The summed E-state index contributed by atoms with van der Waals surface area (Å²) in [5, 5.41) is 5.70. The van der Waals surface area contributed by atoms with Crippen LogP contribution in [0, 0.1) is 5.82 Å². The fourth-order valence-corrected chi connectivity index (χ4v) is 3.63. The van der Waals surface area contributed by atoms with Gasteiger partial charge < -0.3 is 25.2 Å². The third kappa shape index (κ3) is 6.57. The van der Waals surface area contributed by atoms with E-state index in [-0.39, 0.29) is 23.7 Å². The van der Waals surface area contributed by atoms with Crippen LogP contribution >= 0.6 is 0 Å². The zero-order valence-electron chi connectivity index (χ0n) is 15.6. The molecule has 2 amide bonds. The van der Waals surface area contributed by atoms with Crippen LogP contribution in [0.3, 0.4) is 0 Å². The number of quaternary nitrogens is 2. The molecule has 0 spiro atoms. The molecule has 2 saturated heterocycles. The second-order valence-electron chi connectivity index (χ2n) is 7.35. The summed E-state index contributed by atoms with van der Waals surface area (Å²) in [7, 11) is 0. The van der Waals surface area contributed by atoms with E-state index in [0.717, 1.165) is 45.6 Å². The lowest BCUT2D eigenvalue weighted by atomic mass is 10.2. The van der Waals surface area contributed by atoms with Crippen molar-refractivity contribution in [1.29, 1.82) is 0 Å². The first-order chi connectivity index (χ1) is 13.1. The van der Waals surface area contributed by atoms with Crippen LogP contribution in [0.25, 0.3) is 0 Å². The lowest BCUT2D eigenvalue weighted by Gasteiger charge is -2.29. The monoisotopic (exact) mass is 380 g/mol. The molecule has 4 N–H and O–H groups in total. The summed E-state index contributed by atoms with van der Waals surface area (Å²) in [4.78, 5) is 26.6. The number of carbonyl (C=O) groups is 2. The molecule has 2 fully saturated rings. The highest BCUT2D eigenvalue weighted by Gasteiger charge is 2.26. The Kier molecular flexibility index (Phi) is 7.14. The summed E-state index contributed by atoms with van der Waals surface area (Å²) >= 11 is 0. The molecule has 2 aliphatic heterocycles. The van der Waals surface area contributed by atoms with E-state index in [0.29, 0.717) is 25.3 Å². The SMILES string of the molecule is O=C(C[NH+]1CC[NH+](CC(=O)Nc2cccc(F)c2)CC1)NC[C@H]1CCCO1. The van der Waals surface area contributed by atoms with Crippen molar-refractivity contribution < 1.29 is 28.5 Å². The van der Waals surface area contributed by atoms with E-state index < -0.39 is 0 Å². The minimum Gasteiger partial charge on any atom is -0.376 e. The summed E-state index contributed by atoms with van der Waals surface area (Å²) in [6.07, 6.45) is 2.26. The highest BCUT2D eigenvalue weighted by atomic mass is 19.1. The van der Waals surface area contributed by atoms with Crippen molar-refractivity contribution in [2.75, 3.05) is 57.7 Å². The molecular weight excluding hydrogens is 351 g/mol. The minimum atomic E-state index is -0.366. The van der Waals surface area contributed by atoms with Crippen LogP contribution < -0.4 is 20.4 Å². The Balaban J connectivity index is 1.32. The van der Waals surface area contributed by atoms with Crippen molar-refractivity contribution >= 4 is 17.5 Å². The smallest absolute Gasteiger partial charge is 0.279 e. The number of benzene rings is 1. The molecule has 0 aliphatic carbocycles. The van der Waals surface area contributed by atoms with Gasteiger partial charge in [0.05, 0.1) is 6.10 Å². The zero-order valence-corrected chi connectivity index (χ0v) is 15.6. The quantitative estimate of drug-likeness (QED) is 0.436. The van der Waals surface area contributed by atoms with Crippen LogP contribution in [0.15, 0.2) is 24.3 Å². The molecule has 148 valence electrons. The van der Waals surface area contributed by atoms with E-state index in [2.05, 4.69) is 10.6 Å². The molecule has 0 bridgehead atoms. The van der Waals surface area contributed by atoms with Gasteiger partial charge in [0.15, 0.2) is 13.1 Å². The highest BCUT2D eigenvalue weighted by molar-refractivity contribution is 5.91. The highest BCUT2D eigenvalue weighted by Crippen LogP contribution is 2.10. The fourth-order valence-electron chi connectivity index (χ4n) is 3.63. The maximum absolute atomic E-state index is 13.2. The summed E-state index contributed by atoms with van der Waals surface area (Å²) in [6, 6.07) is 5.90. The van der Waals surface area contributed by atoms with E-state index in [1.807, 2.05) is 0 Å². The topological polar surface area (TPSA) is 76.3 Å². The van der Waals surface area contributed by atoms with Crippen molar-refractivity contribution in [3.05, 3.63) is 30.1 Å². The average Bonchev–Trinajstić information content (AvgIpc) is 3.15. The van der Waals surface area contributed by atoms with E-state index in [1.165, 1.54) is 21.9 Å². The predicted molar refractivity (Wildman–Crippen MR) is 98.1 cm³/mol. The number of anilines is 1. The first-order valence-corrected chi connectivity index (χ1v) is 9.69. The van der Waals surface area contributed by atoms with Crippen LogP contribution in [-0.2, 0) is 14.3 Å². The number of ether oxygens (including phenoxy) is 1. The third-order valence-corrected chi connectivity index (χ3v) is 5.14. The Bertz CT molecular complexity index is 644. The second kappa shape index (κ2) is 9.77. The van der Waals surface area contributed by atoms with Gasteiger partial charge in [-0.2, -0.15) is 0 Å². The number of hydrogen-bond acceptors (Lipinski definition) is 3. The number of piperazine rings is 1. The maximum atomic E-state index is 13.2. The molecule has 27 heavy (non-hydrogen) atoms.